The minimum Gasteiger partial charge on any atom is -0.316 e. The lowest BCUT2D eigenvalue weighted by molar-refractivity contribution is 0.272. The fraction of sp³-hybridized carbons (Fsp3) is 1.00. The lowest BCUT2D eigenvalue weighted by Crippen LogP contribution is -2.37. The van der Waals surface area contributed by atoms with Crippen molar-refractivity contribution < 1.29 is 0 Å². The van der Waals surface area contributed by atoms with Gasteiger partial charge in [0.2, 0.25) is 0 Å². The molecule has 2 nitrogen and oxygen atoms in total. The Morgan fingerprint density at radius 2 is 2.21 bits per heavy atom. The molecule has 0 aliphatic carbocycles. The molecule has 1 heterocycles. The highest BCUT2D eigenvalue weighted by atomic mass is 15.0. The maximum absolute atomic E-state index is 3.61. The molecule has 0 aromatic rings. The minimum absolute atomic E-state index is 0.559. The van der Waals surface area contributed by atoms with Crippen molar-refractivity contribution in [1.29, 1.82) is 0 Å². The molecule has 1 atom stereocenters. The Kier molecular flexibility index (Phi) is 4.90. The van der Waals surface area contributed by atoms with Crippen molar-refractivity contribution in [1.82, 2.24) is 10.6 Å². The first-order valence-corrected chi connectivity index (χ1v) is 6.10. The third kappa shape index (κ3) is 3.58. The van der Waals surface area contributed by atoms with Gasteiger partial charge in [-0.15, -0.1) is 0 Å². The van der Waals surface area contributed by atoms with Gasteiger partial charge in [0.05, 0.1) is 0 Å². The van der Waals surface area contributed by atoms with Gasteiger partial charge in [0.25, 0.3) is 0 Å². The normalized spacial score (nSPS) is 27.4. The van der Waals surface area contributed by atoms with Crippen LogP contribution < -0.4 is 10.6 Å². The van der Waals surface area contributed by atoms with Crippen LogP contribution in [-0.2, 0) is 0 Å². The molecule has 1 saturated heterocycles. The molecule has 0 spiro atoms. The van der Waals surface area contributed by atoms with E-state index < -0.39 is 0 Å². The zero-order valence-electron chi connectivity index (χ0n) is 10.0. The van der Waals surface area contributed by atoms with E-state index in [-0.39, 0.29) is 0 Å². The van der Waals surface area contributed by atoms with Gasteiger partial charge in [-0.25, -0.2) is 0 Å². The van der Waals surface area contributed by atoms with Crippen molar-refractivity contribution in [2.75, 3.05) is 26.2 Å². The average molecular weight is 198 g/mol. The number of rotatable bonds is 6. The van der Waals surface area contributed by atoms with Crippen molar-refractivity contribution in [3.63, 3.8) is 0 Å². The van der Waals surface area contributed by atoms with E-state index in [9.17, 15) is 0 Å². The van der Waals surface area contributed by atoms with Crippen molar-refractivity contribution >= 4 is 0 Å². The second-order valence-corrected chi connectivity index (χ2v) is 5.20. The molecule has 14 heavy (non-hydrogen) atoms. The van der Waals surface area contributed by atoms with E-state index in [0.717, 1.165) is 12.5 Å². The molecule has 2 N–H and O–H groups in total. The molecule has 0 radical (unpaired) electrons. The highest BCUT2D eigenvalue weighted by Gasteiger charge is 2.32. The maximum atomic E-state index is 3.61. The quantitative estimate of drug-likeness (QED) is 0.682. The monoisotopic (exact) mass is 198 g/mol. The molecule has 84 valence electrons. The van der Waals surface area contributed by atoms with Crippen LogP contribution in [0.2, 0.25) is 0 Å². The molecule has 2 heteroatoms. The maximum Gasteiger partial charge on any atom is 0.00206 e. The van der Waals surface area contributed by atoms with Crippen LogP contribution in [0.3, 0.4) is 0 Å². The van der Waals surface area contributed by atoms with Crippen LogP contribution in [0.25, 0.3) is 0 Å². The highest BCUT2D eigenvalue weighted by Crippen LogP contribution is 2.30. The van der Waals surface area contributed by atoms with E-state index in [4.69, 9.17) is 0 Å². The standard InChI is InChI=1S/C12H26N2/c1-4-5-12(6-7-13-9-12)10-14-8-11(2)3/h11,13-14H,4-10H2,1-3H3. The first-order chi connectivity index (χ1) is 6.68. The van der Waals surface area contributed by atoms with E-state index in [1.54, 1.807) is 0 Å². The van der Waals surface area contributed by atoms with Gasteiger partial charge in [0, 0.05) is 13.1 Å². The summed E-state index contributed by atoms with van der Waals surface area (Å²) in [5.74, 6) is 0.767. The fourth-order valence-electron chi connectivity index (χ4n) is 2.40. The first-order valence-electron chi connectivity index (χ1n) is 6.10. The van der Waals surface area contributed by atoms with Crippen LogP contribution >= 0.6 is 0 Å². The van der Waals surface area contributed by atoms with E-state index in [1.165, 1.54) is 38.9 Å². The van der Waals surface area contributed by atoms with Gasteiger partial charge >= 0.3 is 0 Å². The second-order valence-electron chi connectivity index (χ2n) is 5.20. The third-order valence-electron chi connectivity index (χ3n) is 3.17. The van der Waals surface area contributed by atoms with Gasteiger partial charge < -0.3 is 10.6 Å². The summed E-state index contributed by atoms with van der Waals surface area (Å²) in [5.41, 5.74) is 0.559. The van der Waals surface area contributed by atoms with Crippen LogP contribution in [0.4, 0.5) is 0 Å². The zero-order chi connectivity index (χ0) is 10.4. The molecule has 1 unspecified atom stereocenters. The van der Waals surface area contributed by atoms with Crippen molar-refractivity contribution in [2.45, 2.75) is 40.0 Å². The van der Waals surface area contributed by atoms with Gasteiger partial charge in [-0.05, 0) is 37.3 Å². The summed E-state index contributed by atoms with van der Waals surface area (Å²) in [6.07, 6.45) is 4.03. The van der Waals surface area contributed by atoms with Crippen LogP contribution in [-0.4, -0.2) is 26.2 Å². The fourth-order valence-corrected chi connectivity index (χ4v) is 2.40. The summed E-state index contributed by atoms with van der Waals surface area (Å²) < 4.78 is 0. The second kappa shape index (κ2) is 5.72. The smallest absolute Gasteiger partial charge is 0.00206 e. The summed E-state index contributed by atoms with van der Waals surface area (Å²) in [5, 5.41) is 7.11. The Morgan fingerprint density at radius 1 is 1.43 bits per heavy atom. The van der Waals surface area contributed by atoms with Crippen molar-refractivity contribution in [3.05, 3.63) is 0 Å². The van der Waals surface area contributed by atoms with Gasteiger partial charge in [-0.1, -0.05) is 27.2 Å². The van der Waals surface area contributed by atoms with Gasteiger partial charge in [0.15, 0.2) is 0 Å². The summed E-state index contributed by atoms with van der Waals surface area (Å²) in [6, 6.07) is 0. The lowest BCUT2D eigenvalue weighted by Gasteiger charge is -2.28. The molecule has 1 fully saturated rings. The molecule has 0 bridgehead atoms. The molecule has 1 aliphatic rings. The number of hydrogen-bond acceptors (Lipinski definition) is 2. The highest BCUT2D eigenvalue weighted by molar-refractivity contribution is 4.89. The Morgan fingerprint density at radius 3 is 2.71 bits per heavy atom. The van der Waals surface area contributed by atoms with Crippen LogP contribution in [0, 0.1) is 11.3 Å². The summed E-state index contributed by atoms with van der Waals surface area (Å²) in [7, 11) is 0. The van der Waals surface area contributed by atoms with Gasteiger partial charge in [-0.2, -0.15) is 0 Å². The number of nitrogens with one attached hydrogen (secondary N) is 2. The molecule has 0 amide bonds. The minimum atomic E-state index is 0.559. The van der Waals surface area contributed by atoms with Crippen LogP contribution in [0.15, 0.2) is 0 Å². The largest absolute Gasteiger partial charge is 0.316 e. The molecular formula is C12H26N2. The zero-order valence-corrected chi connectivity index (χ0v) is 10.0. The van der Waals surface area contributed by atoms with E-state index in [1.807, 2.05) is 0 Å². The SMILES string of the molecule is CCCC1(CNCC(C)C)CCNC1. The Bertz CT molecular complexity index is 148. The molecule has 1 aliphatic heterocycles. The molecule has 1 rings (SSSR count). The van der Waals surface area contributed by atoms with Gasteiger partial charge in [-0.3, -0.25) is 0 Å². The first kappa shape index (κ1) is 12.0. The van der Waals surface area contributed by atoms with Gasteiger partial charge in [0.1, 0.15) is 0 Å². The van der Waals surface area contributed by atoms with E-state index in [0.29, 0.717) is 5.41 Å². The van der Waals surface area contributed by atoms with Crippen molar-refractivity contribution in [3.8, 4) is 0 Å². The predicted octanol–water partition coefficient (Wildman–Crippen LogP) is 2.01. The van der Waals surface area contributed by atoms with Crippen LogP contribution in [0.5, 0.6) is 0 Å². The topological polar surface area (TPSA) is 24.1 Å². The Labute approximate surface area is 88.8 Å². The van der Waals surface area contributed by atoms with Crippen molar-refractivity contribution in [2.24, 2.45) is 11.3 Å². The molecule has 0 aromatic carbocycles. The average Bonchev–Trinajstić information content (AvgIpc) is 2.53. The summed E-state index contributed by atoms with van der Waals surface area (Å²) in [4.78, 5) is 0. The van der Waals surface area contributed by atoms with Crippen LogP contribution in [0.1, 0.15) is 40.0 Å². The van der Waals surface area contributed by atoms with E-state index in [2.05, 4.69) is 31.4 Å². The number of hydrogen-bond donors (Lipinski definition) is 2. The summed E-state index contributed by atoms with van der Waals surface area (Å²) >= 11 is 0. The van der Waals surface area contributed by atoms with E-state index >= 15 is 0 Å². The predicted molar refractivity (Wildman–Crippen MR) is 62.5 cm³/mol. The molecule has 0 aromatic heterocycles. The Balaban J connectivity index is 2.28. The molecule has 0 saturated carbocycles. The molecular weight excluding hydrogens is 172 g/mol. The Hall–Kier alpha value is -0.0800. The lowest BCUT2D eigenvalue weighted by atomic mass is 9.82. The third-order valence-corrected chi connectivity index (χ3v) is 3.17. The summed E-state index contributed by atoms with van der Waals surface area (Å²) in [6.45, 7) is 11.6.